The summed E-state index contributed by atoms with van der Waals surface area (Å²) in [5.41, 5.74) is 0.711. The Hall–Kier alpha value is -1.88. The number of hydrogen-bond acceptors (Lipinski definition) is 4. The molecule has 0 aliphatic carbocycles. The van der Waals surface area contributed by atoms with Gasteiger partial charge >= 0.3 is 11.9 Å². The lowest BCUT2D eigenvalue weighted by atomic mass is 10.3. The topological polar surface area (TPSA) is 72.5 Å². The van der Waals surface area contributed by atoms with Crippen LogP contribution in [0.25, 0.3) is 0 Å². The Balaban J connectivity index is 0.000000325. The van der Waals surface area contributed by atoms with Crippen LogP contribution in [0.2, 0.25) is 5.02 Å². The predicted octanol–water partition coefficient (Wildman–Crippen LogP) is 2.00. The highest BCUT2D eigenvalue weighted by molar-refractivity contribution is 6.30. The number of hydrogen-bond donors (Lipinski definition) is 1. The Labute approximate surface area is 104 Å². The highest BCUT2D eigenvalue weighted by Gasteiger charge is 1.93. The normalized spacial score (nSPS) is 8.41. The third-order valence-electron chi connectivity index (χ3n) is 1.34. The van der Waals surface area contributed by atoms with Crippen molar-refractivity contribution in [1.82, 2.24) is 0 Å². The Morgan fingerprint density at radius 2 is 1.88 bits per heavy atom. The first kappa shape index (κ1) is 15.1. The number of carbonyl (C=O) groups is 3. The van der Waals surface area contributed by atoms with Crippen molar-refractivity contribution in [2.24, 2.45) is 0 Å². The molecule has 1 N–H and O–H groups in total. The summed E-state index contributed by atoms with van der Waals surface area (Å²) in [7, 11) is 0. The minimum Gasteiger partial charge on any atom is -0.394 e. The molecule has 0 fully saturated rings. The average Bonchev–Trinajstić information content (AvgIpc) is 2.16. The molecular formula is C11H12ClNO4. The summed E-state index contributed by atoms with van der Waals surface area (Å²) >= 11 is 5.62. The first-order valence-corrected chi connectivity index (χ1v) is 4.98. The minimum absolute atomic E-state index is 0.562. The van der Waals surface area contributed by atoms with Crippen molar-refractivity contribution in [1.29, 1.82) is 0 Å². The summed E-state index contributed by atoms with van der Waals surface area (Å²) in [5.74, 6) is -1.12. The van der Waals surface area contributed by atoms with E-state index >= 15 is 0 Å². The zero-order valence-electron chi connectivity index (χ0n) is 9.40. The summed E-state index contributed by atoms with van der Waals surface area (Å²) in [4.78, 5) is 29.6. The van der Waals surface area contributed by atoms with Crippen LogP contribution in [0.15, 0.2) is 24.3 Å². The molecule has 0 aromatic heterocycles. The Bertz CT molecular complexity index is 394. The third kappa shape index (κ3) is 9.07. The average molecular weight is 258 g/mol. The zero-order valence-corrected chi connectivity index (χ0v) is 10.2. The summed E-state index contributed by atoms with van der Waals surface area (Å²) in [6, 6.07) is 6.96. The van der Waals surface area contributed by atoms with E-state index in [2.05, 4.69) is 10.1 Å². The highest BCUT2D eigenvalue weighted by atomic mass is 35.5. The molecule has 17 heavy (non-hydrogen) atoms. The third-order valence-corrected chi connectivity index (χ3v) is 1.57. The van der Waals surface area contributed by atoms with Crippen LogP contribution in [0.1, 0.15) is 13.8 Å². The van der Waals surface area contributed by atoms with Crippen LogP contribution < -0.4 is 5.32 Å². The van der Waals surface area contributed by atoms with Gasteiger partial charge in [-0.25, -0.2) is 0 Å². The molecule has 0 atom stereocenters. The van der Waals surface area contributed by atoms with Gasteiger partial charge in [-0.15, -0.1) is 0 Å². The van der Waals surface area contributed by atoms with E-state index in [9.17, 15) is 14.4 Å². The van der Waals surface area contributed by atoms with Crippen molar-refractivity contribution in [2.45, 2.75) is 13.8 Å². The van der Waals surface area contributed by atoms with E-state index in [1.165, 1.54) is 13.8 Å². The lowest BCUT2D eigenvalue weighted by Gasteiger charge is -1.96. The maximum Gasteiger partial charge on any atom is 0.310 e. The lowest BCUT2D eigenvalue weighted by molar-refractivity contribution is -0.156. The number of amides is 1. The molecule has 0 bridgehead atoms. The van der Waals surface area contributed by atoms with Gasteiger partial charge in [-0.1, -0.05) is 17.7 Å². The van der Waals surface area contributed by atoms with Crippen molar-refractivity contribution in [2.75, 3.05) is 5.32 Å². The van der Waals surface area contributed by atoms with Crippen LogP contribution >= 0.6 is 11.6 Å². The van der Waals surface area contributed by atoms with Gasteiger partial charge < -0.3 is 10.1 Å². The van der Waals surface area contributed by atoms with Gasteiger partial charge in [0.1, 0.15) is 0 Å². The van der Waals surface area contributed by atoms with Gasteiger partial charge in [0, 0.05) is 24.6 Å². The largest absolute Gasteiger partial charge is 0.394 e. The number of carbonyl (C=O) groups excluding carboxylic acids is 3. The fourth-order valence-electron chi connectivity index (χ4n) is 0.849. The maximum atomic E-state index is 9.93. The van der Waals surface area contributed by atoms with Crippen LogP contribution in [-0.2, 0) is 19.1 Å². The molecular weight excluding hydrogens is 246 g/mol. The highest BCUT2D eigenvalue weighted by Crippen LogP contribution is 2.13. The smallest absolute Gasteiger partial charge is 0.310 e. The van der Waals surface area contributed by atoms with Gasteiger partial charge in [0.05, 0.1) is 0 Å². The van der Waals surface area contributed by atoms with E-state index in [0.717, 1.165) is 0 Å². The molecule has 1 rings (SSSR count). The molecule has 0 saturated heterocycles. The second kappa shape index (κ2) is 8.29. The van der Waals surface area contributed by atoms with Crippen molar-refractivity contribution in [3.05, 3.63) is 29.3 Å². The molecule has 0 radical (unpaired) electrons. The Morgan fingerprint density at radius 3 is 2.24 bits per heavy atom. The quantitative estimate of drug-likeness (QED) is 0.500. The summed E-state index contributed by atoms with van der Waals surface area (Å²) < 4.78 is 3.97. The fourth-order valence-corrected chi connectivity index (χ4v) is 1.04. The van der Waals surface area contributed by atoms with Crippen molar-refractivity contribution in [3.8, 4) is 0 Å². The van der Waals surface area contributed by atoms with E-state index in [4.69, 9.17) is 11.6 Å². The Kier molecular flexibility index (Phi) is 7.38. The molecule has 0 unspecified atom stereocenters. The lowest BCUT2D eigenvalue weighted by Crippen LogP contribution is -2.03. The van der Waals surface area contributed by atoms with E-state index in [0.29, 0.717) is 17.1 Å². The van der Waals surface area contributed by atoms with E-state index in [1.807, 2.05) is 0 Å². The SMILES string of the molecule is CC(=O)OC(C)=O.O=CNc1cccc(Cl)c1. The monoisotopic (exact) mass is 257 g/mol. The standard InChI is InChI=1S/C7H6ClNO.C4H6O3/c8-6-2-1-3-7(4-6)9-5-10;1-3(5)7-4(2)6/h1-5H,(H,9,10);1-2H3. The molecule has 6 heteroatoms. The van der Waals surface area contributed by atoms with Crippen LogP contribution in [0.3, 0.4) is 0 Å². The molecule has 92 valence electrons. The number of nitrogens with one attached hydrogen (secondary N) is 1. The predicted molar refractivity (Wildman–Crippen MR) is 63.6 cm³/mol. The van der Waals surface area contributed by atoms with Crippen LogP contribution in [-0.4, -0.2) is 18.3 Å². The molecule has 1 aromatic carbocycles. The van der Waals surface area contributed by atoms with Gasteiger partial charge in [0.2, 0.25) is 6.41 Å². The van der Waals surface area contributed by atoms with Gasteiger partial charge in [-0.3, -0.25) is 14.4 Å². The van der Waals surface area contributed by atoms with Gasteiger partial charge in [0.25, 0.3) is 0 Å². The minimum atomic E-state index is -0.562. The molecule has 0 aliphatic rings. The van der Waals surface area contributed by atoms with Crippen LogP contribution in [0.5, 0.6) is 0 Å². The van der Waals surface area contributed by atoms with Crippen LogP contribution in [0, 0.1) is 0 Å². The fraction of sp³-hybridized carbons (Fsp3) is 0.182. The van der Waals surface area contributed by atoms with Crippen molar-refractivity contribution < 1.29 is 19.1 Å². The summed E-state index contributed by atoms with van der Waals surface area (Å²) in [6.07, 6.45) is 0.617. The van der Waals surface area contributed by atoms with Gasteiger partial charge in [-0.2, -0.15) is 0 Å². The van der Waals surface area contributed by atoms with Gasteiger partial charge in [-0.05, 0) is 18.2 Å². The number of anilines is 1. The molecule has 0 aliphatic heterocycles. The molecule has 0 heterocycles. The number of esters is 2. The molecule has 0 saturated carbocycles. The Morgan fingerprint density at radius 1 is 1.29 bits per heavy atom. The first-order valence-electron chi connectivity index (χ1n) is 4.60. The van der Waals surface area contributed by atoms with Crippen molar-refractivity contribution in [3.63, 3.8) is 0 Å². The zero-order chi connectivity index (χ0) is 13.3. The molecule has 1 amide bonds. The van der Waals surface area contributed by atoms with Crippen LogP contribution in [0.4, 0.5) is 5.69 Å². The maximum absolute atomic E-state index is 9.93. The van der Waals surface area contributed by atoms with Crippen molar-refractivity contribution >= 4 is 35.6 Å². The van der Waals surface area contributed by atoms with E-state index < -0.39 is 11.9 Å². The van der Waals surface area contributed by atoms with E-state index in [1.54, 1.807) is 24.3 Å². The molecule has 0 spiro atoms. The number of halogens is 1. The van der Waals surface area contributed by atoms with Gasteiger partial charge in [0.15, 0.2) is 0 Å². The molecule has 5 nitrogen and oxygen atoms in total. The summed E-state index contributed by atoms with van der Waals surface area (Å²) in [5, 5.41) is 3.10. The number of rotatable bonds is 2. The van der Waals surface area contributed by atoms with E-state index in [-0.39, 0.29) is 0 Å². The first-order chi connectivity index (χ1) is 7.95. The number of ether oxygens (including phenoxy) is 1. The number of benzene rings is 1. The second-order valence-electron chi connectivity index (χ2n) is 2.86. The summed E-state index contributed by atoms with van der Waals surface area (Å²) in [6.45, 7) is 2.36. The molecule has 1 aromatic rings. The second-order valence-corrected chi connectivity index (χ2v) is 3.29.